The van der Waals surface area contributed by atoms with Crippen LogP contribution in [0, 0.1) is 0 Å². The topological polar surface area (TPSA) is 33.1 Å². The lowest BCUT2D eigenvalue weighted by Crippen LogP contribution is -2.16. The molecule has 1 aliphatic rings. The molecule has 2 aromatic rings. The molecule has 2 nitrogen and oxygen atoms in total. The predicted octanol–water partition coefficient (Wildman–Crippen LogP) is 2.89. The number of nitrogens with zero attached hydrogens (tertiary/aromatic N) is 1. The highest BCUT2D eigenvalue weighted by atomic mass is 16.3. The summed E-state index contributed by atoms with van der Waals surface area (Å²) in [4.78, 5) is 4.51. The quantitative estimate of drug-likeness (QED) is 0.912. The molecule has 2 heteroatoms. The standard InChI is InChI=1S/C17H19NO/c1-2-12-7-8-14(18-11-12)10-16-15-6-4-3-5-13(15)9-17(16)19/h3-8,11,16-17,19H,2,9-10H2,1H3. The number of aryl methyl sites for hydroxylation is 1. The largest absolute Gasteiger partial charge is 0.392 e. The molecule has 2 unspecified atom stereocenters. The van der Waals surface area contributed by atoms with Crippen LogP contribution >= 0.6 is 0 Å². The molecule has 0 amide bonds. The first-order chi connectivity index (χ1) is 9.28. The number of aliphatic hydroxyl groups is 1. The highest BCUT2D eigenvalue weighted by Crippen LogP contribution is 2.35. The van der Waals surface area contributed by atoms with Crippen molar-refractivity contribution in [2.24, 2.45) is 0 Å². The third-order valence-corrected chi connectivity index (χ3v) is 4.07. The number of benzene rings is 1. The van der Waals surface area contributed by atoms with Gasteiger partial charge >= 0.3 is 0 Å². The third kappa shape index (κ3) is 2.41. The fourth-order valence-electron chi connectivity index (χ4n) is 2.91. The van der Waals surface area contributed by atoms with Crippen LogP contribution in [0.5, 0.6) is 0 Å². The zero-order valence-electron chi connectivity index (χ0n) is 11.2. The van der Waals surface area contributed by atoms with Crippen molar-refractivity contribution in [2.45, 2.75) is 38.2 Å². The van der Waals surface area contributed by atoms with E-state index in [1.54, 1.807) is 0 Å². The van der Waals surface area contributed by atoms with Crippen LogP contribution in [0.25, 0.3) is 0 Å². The summed E-state index contributed by atoms with van der Waals surface area (Å²) in [6, 6.07) is 12.6. The summed E-state index contributed by atoms with van der Waals surface area (Å²) in [6.45, 7) is 2.13. The van der Waals surface area contributed by atoms with Crippen LogP contribution in [0.1, 0.15) is 35.2 Å². The maximum Gasteiger partial charge on any atom is 0.0652 e. The SMILES string of the molecule is CCc1ccc(CC2c3ccccc3CC2O)nc1. The van der Waals surface area contributed by atoms with Crippen molar-refractivity contribution in [1.29, 1.82) is 0 Å². The average molecular weight is 253 g/mol. The van der Waals surface area contributed by atoms with Crippen molar-refractivity contribution < 1.29 is 5.11 Å². The first-order valence-electron chi connectivity index (χ1n) is 6.97. The second-order valence-corrected chi connectivity index (χ2v) is 5.29. The van der Waals surface area contributed by atoms with E-state index >= 15 is 0 Å². The fourth-order valence-corrected chi connectivity index (χ4v) is 2.91. The van der Waals surface area contributed by atoms with Gasteiger partial charge in [0.05, 0.1) is 6.10 Å². The Kier molecular flexibility index (Phi) is 3.34. The predicted molar refractivity (Wildman–Crippen MR) is 76.2 cm³/mol. The number of hydrogen-bond acceptors (Lipinski definition) is 2. The fraction of sp³-hybridized carbons (Fsp3) is 0.353. The second-order valence-electron chi connectivity index (χ2n) is 5.29. The Morgan fingerprint density at radius 1 is 1.21 bits per heavy atom. The van der Waals surface area contributed by atoms with Gasteiger partial charge in [-0.15, -0.1) is 0 Å². The molecule has 3 rings (SSSR count). The van der Waals surface area contributed by atoms with Crippen LogP contribution in [0.3, 0.4) is 0 Å². The van der Waals surface area contributed by atoms with Crippen LogP contribution < -0.4 is 0 Å². The van der Waals surface area contributed by atoms with E-state index in [9.17, 15) is 5.11 Å². The van der Waals surface area contributed by atoms with E-state index in [0.29, 0.717) is 0 Å². The van der Waals surface area contributed by atoms with Crippen molar-refractivity contribution >= 4 is 0 Å². The van der Waals surface area contributed by atoms with Gasteiger partial charge in [-0.25, -0.2) is 0 Å². The minimum atomic E-state index is -0.273. The van der Waals surface area contributed by atoms with Gasteiger partial charge in [-0.3, -0.25) is 4.98 Å². The van der Waals surface area contributed by atoms with Crippen LogP contribution in [-0.4, -0.2) is 16.2 Å². The monoisotopic (exact) mass is 253 g/mol. The number of hydrogen-bond donors (Lipinski definition) is 1. The Balaban J connectivity index is 1.82. The molecular weight excluding hydrogens is 234 g/mol. The lowest BCUT2D eigenvalue weighted by molar-refractivity contribution is 0.155. The highest BCUT2D eigenvalue weighted by Gasteiger charge is 2.30. The molecule has 0 spiro atoms. The second kappa shape index (κ2) is 5.14. The number of pyridine rings is 1. The number of aromatic nitrogens is 1. The number of aliphatic hydroxyl groups excluding tert-OH is 1. The molecule has 1 N–H and O–H groups in total. The molecule has 19 heavy (non-hydrogen) atoms. The Morgan fingerprint density at radius 3 is 2.79 bits per heavy atom. The Morgan fingerprint density at radius 2 is 2.05 bits per heavy atom. The Labute approximate surface area is 114 Å². The van der Waals surface area contributed by atoms with Gasteiger partial charge < -0.3 is 5.11 Å². The summed E-state index contributed by atoms with van der Waals surface area (Å²) in [5, 5.41) is 10.2. The lowest BCUT2D eigenvalue weighted by Gasteiger charge is -2.15. The van der Waals surface area contributed by atoms with Crippen LogP contribution in [0.2, 0.25) is 0 Å². The van der Waals surface area contributed by atoms with Gasteiger partial charge in [-0.1, -0.05) is 37.3 Å². The number of fused-ring (bicyclic) bond motifs is 1. The molecule has 0 aliphatic heterocycles. The van der Waals surface area contributed by atoms with Crippen LogP contribution in [0.4, 0.5) is 0 Å². The van der Waals surface area contributed by atoms with Crippen molar-refractivity contribution in [1.82, 2.24) is 4.98 Å². The molecule has 1 aliphatic carbocycles. The first kappa shape index (κ1) is 12.4. The van der Waals surface area contributed by atoms with Crippen LogP contribution in [0.15, 0.2) is 42.6 Å². The molecule has 1 aromatic carbocycles. The molecule has 0 fully saturated rings. The molecular formula is C17H19NO. The van der Waals surface area contributed by atoms with Gasteiger partial charge in [0.15, 0.2) is 0 Å². The van der Waals surface area contributed by atoms with Crippen molar-refractivity contribution in [3.05, 3.63) is 65.0 Å². The molecule has 1 heterocycles. The smallest absolute Gasteiger partial charge is 0.0652 e. The molecule has 0 radical (unpaired) electrons. The maximum atomic E-state index is 10.2. The lowest BCUT2D eigenvalue weighted by atomic mass is 9.94. The van der Waals surface area contributed by atoms with Crippen LogP contribution in [-0.2, 0) is 19.3 Å². The average Bonchev–Trinajstić information content (AvgIpc) is 2.76. The zero-order chi connectivity index (χ0) is 13.2. The van der Waals surface area contributed by atoms with E-state index in [-0.39, 0.29) is 12.0 Å². The van der Waals surface area contributed by atoms with Gasteiger partial charge in [0.2, 0.25) is 0 Å². The summed E-state index contributed by atoms with van der Waals surface area (Å²) >= 11 is 0. The molecule has 0 saturated heterocycles. The first-order valence-corrected chi connectivity index (χ1v) is 6.97. The van der Waals surface area contributed by atoms with Crippen molar-refractivity contribution in [3.63, 3.8) is 0 Å². The van der Waals surface area contributed by atoms with Crippen molar-refractivity contribution in [2.75, 3.05) is 0 Å². The van der Waals surface area contributed by atoms with E-state index in [0.717, 1.165) is 25.0 Å². The maximum absolute atomic E-state index is 10.2. The summed E-state index contributed by atoms with van der Waals surface area (Å²) in [5.74, 6) is 0.191. The molecule has 98 valence electrons. The summed E-state index contributed by atoms with van der Waals surface area (Å²) in [5.41, 5.74) is 4.90. The van der Waals surface area contributed by atoms with E-state index in [4.69, 9.17) is 0 Å². The van der Waals surface area contributed by atoms with E-state index in [1.807, 2.05) is 12.3 Å². The van der Waals surface area contributed by atoms with Gasteiger partial charge in [-0.2, -0.15) is 0 Å². The summed E-state index contributed by atoms with van der Waals surface area (Å²) in [7, 11) is 0. The summed E-state index contributed by atoms with van der Waals surface area (Å²) in [6.07, 6.45) is 4.28. The zero-order valence-corrected chi connectivity index (χ0v) is 11.2. The Bertz CT molecular complexity index is 562. The van der Waals surface area contributed by atoms with Gasteiger partial charge in [0, 0.05) is 17.8 Å². The van der Waals surface area contributed by atoms with E-state index < -0.39 is 0 Å². The molecule has 1 aromatic heterocycles. The highest BCUT2D eigenvalue weighted by molar-refractivity contribution is 5.37. The van der Waals surface area contributed by atoms with Gasteiger partial charge in [0.1, 0.15) is 0 Å². The summed E-state index contributed by atoms with van der Waals surface area (Å²) < 4.78 is 0. The van der Waals surface area contributed by atoms with E-state index in [1.165, 1.54) is 16.7 Å². The minimum absolute atomic E-state index is 0.191. The van der Waals surface area contributed by atoms with Gasteiger partial charge in [-0.05, 0) is 42.0 Å². The van der Waals surface area contributed by atoms with Gasteiger partial charge in [0.25, 0.3) is 0 Å². The third-order valence-electron chi connectivity index (χ3n) is 4.07. The molecule has 2 atom stereocenters. The minimum Gasteiger partial charge on any atom is -0.392 e. The van der Waals surface area contributed by atoms with Crippen molar-refractivity contribution in [3.8, 4) is 0 Å². The Hall–Kier alpha value is -1.67. The molecule has 0 bridgehead atoms. The molecule has 0 saturated carbocycles. The number of rotatable bonds is 3. The normalized spacial score (nSPS) is 21.4. The van der Waals surface area contributed by atoms with E-state index in [2.05, 4.69) is 42.2 Å².